The van der Waals surface area contributed by atoms with Gasteiger partial charge in [-0.2, -0.15) is 0 Å². The van der Waals surface area contributed by atoms with Crippen LogP contribution in [-0.2, 0) is 4.79 Å². The first-order chi connectivity index (χ1) is 11.5. The topological polar surface area (TPSA) is 37.3 Å². The lowest BCUT2D eigenvalue weighted by Crippen LogP contribution is -2.50. The smallest absolute Gasteiger partial charge is 0.146 e. The Morgan fingerprint density at radius 3 is 2.42 bits per heavy atom. The number of halogens is 1. The number of Topliss-reactive ketones (excluding diaryl/α,β-unsaturated/α-hetero) is 1. The molecule has 24 heavy (non-hydrogen) atoms. The number of carbonyl (C=O) groups is 1. The Morgan fingerprint density at radius 2 is 1.62 bits per heavy atom. The number of carbonyl (C=O) groups excluding carboxylic acids is 1. The third kappa shape index (κ3) is 3.02. The third-order valence-electron chi connectivity index (χ3n) is 8.34. The van der Waals surface area contributed by atoms with Gasteiger partial charge < -0.3 is 5.11 Å². The van der Waals surface area contributed by atoms with Crippen molar-refractivity contribution in [2.75, 3.05) is 5.33 Å². The summed E-state index contributed by atoms with van der Waals surface area (Å²) in [5, 5.41) is 11.0. The fraction of sp³-hybridized carbons (Fsp3) is 0.952. The highest BCUT2D eigenvalue weighted by Gasteiger charge is 2.52. The van der Waals surface area contributed by atoms with Crippen LogP contribution in [-0.4, -0.2) is 21.8 Å². The van der Waals surface area contributed by atoms with Gasteiger partial charge in [-0.05, 0) is 100 Å². The molecule has 0 unspecified atom stereocenters. The molecular weight excluding hydrogens is 364 g/mol. The maximum absolute atomic E-state index is 12.4. The molecule has 136 valence electrons. The largest absolute Gasteiger partial charge is 0.390 e. The Hall–Kier alpha value is 0.110. The predicted octanol–water partition coefficient (Wildman–Crippen LogP) is 4.97. The van der Waals surface area contributed by atoms with E-state index >= 15 is 0 Å². The van der Waals surface area contributed by atoms with E-state index in [1.54, 1.807) is 0 Å². The molecule has 4 aliphatic carbocycles. The number of alkyl halides is 1. The van der Waals surface area contributed by atoms with E-state index in [1.165, 1.54) is 44.9 Å². The molecule has 1 N–H and O–H groups in total. The van der Waals surface area contributed by atoms with E-state index in [-0.39, 0.29) is 0 Å². The van der Waals surface area contributed by atoms with Crippen LogP contribution in [0.3, 0.4) is 0 Å². The zero-order chi connectivity index (χ0) is 16.9. The molecule has 0 aliphatic heterocycles. The van der Waals surface area contributed by atoms with E-state index in [0.717, 1.165) is 48.9 Å². The Labute approximate surface area is 155 Å². The Bertz CT molecular complexity index is 488. The average Bonchev–Trinajstić information content (AvgIpc) is 2.58. The molecule has 0 aromatic heterocycles. The zero-order valence-electron chi connectivity index (χ0n) is 15.1. The van der Waals surface area contributed by atoms with Gasteiger partial charge in [0.25, 0.3) is 0 Å². The van der Waals surface area contributed by atoms with Crippen molar-refractivity contribution >= 4 is 21.7 Å². The van der Waals surface area contributed by atoms with E-state index in [4.69, 9.17) is 0 Å². The van der Waals surface area contributed by atoms with Gasteiger partial charge in [-0.1, -0.05) is 22.4 Å². The lowest BCUT2D eigenvalue weighted by molar-refractivity contribution is -0.130. The van der Waals surface area contributed by atoms with Gasteiger partial charge in [0.2, 0.25) is 0 Å². The summed E-state index contributed by atoms with van der Waals surface area (Å²) in [6.07, 6.45) is 12.3. The fourth-order valence-electron chi connectivity index (χ4n) is 7.44. The highest BCUT2D eigenvalue weighted by Crippen LogP contribution is 2.59. The van der Waals surface area contributed by atoms with Crippen molar-refractivity contribution in [3.63, 3.8) is 0 Å². The molecule has 2 nitrogen and oxygen atoms in total. The monoisotopic (exact) mass is 396 g/mol. The van der Waals surface area contributed by atoms with Crippen LogP contribution in [0.2, 0.25) is 0 Å². The van der Waals surface area contributed by atoms with Crippen LogP contribution in [0.5, 0.6) is 0 Å². The maximum Gasteiger partial charge on any atom is 0.146 e. The molecule has 0 heterocycles. The SMILES string of the molecule is C[C@@]1(O)CC[C@H]2[C@H](CC[C@@H]3[C@@H]2CC[C@H]2[C@H]3CCC[C@@H]2C(=O)CBr)C1. The minimum absolute atomic E-state index is 0.342. The lowest BCUT2D eigenvalue weighted by atomic mass is 9.49. The number of aliphatic hydroxyl groups is 1. The van der Waals surface area contributed by atoms with Crippen LogP contribution in [0.15, 0.2) is 0 Å². The lowest BCUT2D eigenvalue weighted by Gasteiger charge is -2.56. The summed E-state index contributed by atoms with van der Waals surface area (Å²) in [5.41, 5.74) is -0.413. The number of ketones is 1. The molecule has 4 saturated carbocycles. The second-order valence-corrected chi connectivity index (χ2v) is 10.2. The molecule has 0 aromatic carbocycles. The molecule has 0 saturated heterocycles. The molecular formula is C21H33BrO2. The quantitative estimate of drug-likeness (QED) is 0.668. The van der Waals surface area contributed by atoms with Crippen molar-refractivity contribution in [3.8, 4) is 0 Å². The minimum atomic E-state index is -0.413. The second kappa shape index (κ2) is 6.68. The van der Waals surface area contributed by atoms with Crippen molar-refractivity contribution in [2.24, 2.45) is 41.4 Å². The first kappa shape index (κ1) is 17.5. The molecule has 0 aromatic rings. The molecule has 3 heteroatoms. The highest BCUT2D eigenvalue weighted by atomic mass is 79.9. The van der Waals surface area contributed by atoms with Crippen molar-refractivity contribution < 1.29 is 9.90 Å². The zero-order valence-corrected chi connectivity index (χ0v) is 16.6. The van der Waals surface area contributed by atoms with Crippen molar-refractivity contribution in [2.45, 2.75) is 76.7 Å². The van der Waals surface area contributed by atoms with Gasteiger partial charge in [0, 0.05) is 5.92 Å². The number of hydrogen-bond acceptors (Lipinski definition) is 2. The molecule has 0 amide bonds. The normalized spacial score (nSPS) is 51.2. The highest BCUT2D eigenvalue weighted by molar-refractivity contribution is 9.09. The van der Waals surface area contributed by atoms with Crippen molar-refractivity contribution in [3.05, 3.63) is 0 Å². The Morgan fingerprint density at radius 1 is 0.958 bits per heavy atom. The molecule has 0 radical (unpaired) electrons. The molecule has 4 aliphatic rings. The first-order valence-corrected chi connectivity index (χ1v) is 11.4. The molecule has 0 bridgehead atoms. The second-order valence-electron chi connectivity index (χ2n) is 9.61. The van der Waals surface area contributed by atoms with Gasteiger partial charge in [-0.25, -0.2) is 0 Å². The molecule has 4 fully saturated rings. The van der Waals surface area contributed by atoms with Crippen LogP contribution < -0.4 is 0 Å². The molecule has 0 spiro atoms. The summed E-state index contributed by atoms with van der Waals surface area (Å²) in [4.78, 5) is 12.4. The first-order valence-electron chi connectivity index (χ1n) is 10.3. The number of hydrogen-bond donors (Lipinski definition) is 1. The standard InChI is InChI=1S/C21H33BrO2/c1-21(24)10-9-14-13(11-21)5-6-17-15-3-2-4-19(20(23)12-22)18(15)8-7-16(14)17/h13-19,24H,2-12H2,1H3/t13-,14+,15+,16-,17+,18+,19+,21-/m1/s1. The third-order valence-corrected chi connectivity index (χ3v) is 8.89. The van der Waals surface area contributed by atoms with Gasteiger partial charge in [-0.3, -0.25) is 4.79 Å². The van der Waals surface area contributed by atoms with E-state index in [2.05, 4.69) is 15.9 Å². The summed E-state index contributed by atoms with van der Waals surface area (Å²) >= 11 is 3.42. The number of fused-ring (bicyclic) bond motifs is 5. The van der Waals surface area contributed by atoms with Crippen LogP contribution >= 0.6 is 15.9 Å². The summed E-state index contributed by atoms with van der Waals surface area (Å²) in [6.45, 7) is 2.05. The fourth-order valence-corrected chi connectivity index (χ4v) is 7.86. The van der Waals surface area contributed by atoms with Crippen molar-refractivity contribution in [1.29, 1.82) is 0 Å². The number of rotatable bonds is 2. The van der Waals surface area contributed by atoms with Gasteiger partial charge in [0.15, 0.2) is 0 Å². The van der Waals surface area contributed by atoms with Gasteiger partial charge in [-0.15, -0.1) is 0 Å². The predicted molar refractivity (Wildman–Crippen MR) is 100 cm³/mol. The minimum Gasteiger partial charge on any atom is -0.390 e. The average molecular weight is 397 g/mol. The Balaban J connectivity index is 1.51. The summed E-state index contributed by atoms with van der Waals surface area (Å²) in [6, 6.07) is 0. The summed E-state index contributed by atoms with van der Waals surface area (Å²) in [5.74, 6) is 5.67. The van der Waals surface area contributed by atoms with E-state index in [0.29, 0.717) is 22.9 Å². The molecule has 8 atom stereocenters. The Kier molecular flexibility index (Phi) is 4.88. The van der Waals surface area contributed by atoms with Crippen LogP contribution in [0.4, 0.5) is 0 Å². The summed E-state index contributed by atoms with van der Waals surface area (Å²) in [7, 11) is 0. The van der Waals surface area contributed by atoms with Crippen molar-refractivity contribution in [1.82, 2.24) is 0 Å². The van der Waals surface area contributed by atoms with Crippen LogP contribution in [0.25, 0.3) is 0 Å². The van der Waals surface area contributed by atoms with E-state index in [1.807, 2.05) is 6.92 Å². The molecule has 4 rings (SSSR count). The van der Waals surface area contributed by atoms with Crippen LogP contribution in [0.1, 0.15) is 71.1 Å². The van der Waals surface area contributed by atoms with E-state index in [9.17, 15) is 9.90 Å². The van der Waals surface area contributed by atoms with Gasteiger partial charge in [0.1, 0.15) is 5.78 Å². The van der Waals surface area contributed by atoms with Crippen LogP contribution in [0, 0.1) is 41.4 Å². The van der Waals surface area contributed by atoms with Gasteiger partial charge >= 0.3 is 0 Å². The maximum atomic E-state index is 12.4. The summed E-state index contributed by atoms with van der Waals surface area (Å²) < 4.78 is 0. The van der Waals surface area contributed by atoms with Gasteiger partial charge in [0.05, 0.1) is 10.9 Å². The van der Waals surface area contributed by atoms with E-state index < -0.39 is 5.60 Å².